The van der Waals surface area contributed by atoms with Crippen molar-refractivity contribution in [3.05, 3.63) is 101 Å². The van der Waals surface area contributed by atoms with E-state index in [4.69, 9.17) is 0 Å². The third-order valence-electron chi connectivity index (χ3n) is 8.10. The zero-order valence-corrected chi connectivity index (χ0v) is 20.9. The Balaban J connectivity index is 1.44. The normalized spacial score (nSPS) is 25.5. The maximum absolute atomic E-state index is 14.6. The molecule has 0 unspecified atom stereocenters. The lowest BCUT2D eigenvalue weighted by Crippen LogP contribution is -2.55. The molecule has 3 aromatic rings. The summed E-state index contributed by atoms with van der Waals surface area (Å²) >= 11 is 0. The van der Waals surface area contributed by atoms with Gasteiger partial charge in [-0.2, -0.15) is 0 Å². The quantitative estimate of drug-likeness (QED) is 0.457. The highest BCUT2D eigenvalue weighted by atomic mass is 19.1. The van der Waals surface area contributed by atoms with Crippen LogP contribution < -0.4 is 10.2 Å². The summed E-state index contributed by atoms with van der Waals surface area (Å²) in [6.45, 7) is 0.00100. The lowest BCUT2D eigenvalue weighted by Gasteiger charge is -2.30. The first-order chi connectivity index (χ1) is 18.8. The zero-order valence-electron chi connectivity index (χ0n) is 20.9. The molecular weight excluding hydrogens is 501 g/mol. The van der Waals surface area contributed by atoms with Crippen molar-refractivity contribution in [3.63, 3.8) is 0 Å². The molecule has 9 heteroatoms. The number of carbonyl (C=O) groups excluding carboxylic acids is 3. The summed E-state index contributed by atoms with van der Waals surface area (Å²) in [5.74, 6) is -4.82. The van der Waals surface area contributed by atoms with Crippen LogP contribution in [-0.4, -0.2) is 39.7 Å². The number of likely N-dealkylation sites (tertiary alicyclic amines) is 1. The van der Waals surface area contributed by atoms with Crippen molar-refractivity contribution in [2.24, 2.45) is 11.8 Å². The zero-order chi connectivity index (χ0) is 27.3. The van der Waals surface area contributed by atoms with E-state index >= 15 is 0 Å². The molecule has 3 aliphatic heterocycles. The number of hydrogen-bond acceptors (Lipinski definition) is 5. The SMILES string of the molecule is O=C(O)CC[C@@H]1N[C@]2(C(=O)N(Cc3ccccc3F)c3ccccc32)[C@H]2C(=O)N(Cc3ccccc3)C(=O)[C@H]12. The highest BCUT2D eigenvalue weighted by Crippen LogP contribution is 2.55. The largest absolute Gasteiger partial charge is 0.481 e. The number of carbonyl (C=O) groups is 4. The molecule has 0 radical (unpaired) electrons. The molecule has 39 heavy (non-hydrogen) atoms. The number of aliphatic carboxylic acids is 1. The van der Waals surface area contributed by atoms with Crippen LogP contribution in [0.1, 0.15) is 29.5 Å². The van der Waals surface area contributed by atoms with Gasteiger partial charge in [-0.3, -0.25) is 29.4 Å². The molecule has 198 valence electrons. The van der Waals surface area contributed by atoms with Gasteiger partial charge in [0.2, 0.25) is 11.8 Å². The van der Waals surface area contributed by atoms with Gasteiger partial charge in [-0.05, 0) is 24.1 Å². The Kier molecular flexibility index (Phi) is 6.03. The van der Waals surface area contributed by atoms with Gasteiger partial charge >= 0.3 is 5.97 Å². The number of para-hydroxylation sites is 1. The van der Waals surface area contributed by atoms with Crippen LogP contribution in [0.15, 0.2) is 78.9 Å². The van der Waals surface area contributed by atoms with Gasteiger partial charge in [-0.25, -0.2) is 4.39 Å². The van der Waals surface area contributed by atoms with Gasteiger partial charge in [-0.15, -0.1) is 0 Å². The van der Waals surface area contributed by atoms with Crippen LogP contribution in [0, 0.1) is 17.7 Å². The molecule has 8 nitrogen and oxygen atoms in total. The maximum Gasteiger partial charge on any atom is 0.303 e. The summed E-state index contributed by atoms with van der Waals surface area (Å²) < 4.78 is 14.6. The predicted molar refractivity (Wildman–Crippen MR) is 138 cm³/mol. The lowest BCUT2D eigenvalue weighted by molar-refractivity contribution is -0.144. The van der Waals surface area contributed by atoms with Gasteiger partial charge in [0.15, 0.2) is 0 Å². The van der Waals surface area contributed by atoms with Crippen molar-refractivity contribution < 1.29 is 28.7 Å². The van der Waals surface area contributed by atoms with E-state index in [1.54, 1.807) is 42.5 Å². The second kappa shape index (κ2) is 9.43. The second-order valence-corrected chi connectivity index (χ2v) is 10.2. The van der Waals surface area contributed by atoms with Crippen LogP contribution in [0.2, 0.25) is 0 Å². The molecule has 2 saturated heterocycles. The van der Waals surface area contributed by atoms with E-state index in [1.807, 2.05) is 30.3 Å². The number of amides is 3. The first kappa shape index (κ1) is 24.9. The summed E-state index contributed by atoms with van der Waals surface area (Å²) in [6, 6.07) is 21.6. The van der Waals surface area contributed by atoms with Crippen molar-refractivity contribution in [2.75, 3.05) is 4.90 Å². The number of imide groups is 1. The van der Waals surface area contributed by atoms with Gasteiger partial charge in [-0.1, -0.05) is 66.7 Å². The number of halogens is 1. The van der Waals surface area contributed by atoms with Crippen molar-refractivity contribution >= 4 is 29.4 Å². The number of fused-ring (bicyclic) bond motifs is 4. The van der Waals surface area contributed by atoms with Crippen LogP contribution in [0.25, 0.3) is 0 Å². The summed E-state index contributed by atoms with van der Waals surface area (Å²) in [7, 11) is 0. The monoisotopic (exact) mass is 527 g/mol. The molecule has 3 aliphatic rings. The molecule has 2 fully saturated rings. The Labute approximate surface area is 224 Å². The fourth-order valence-corrected chi connectivity index (χ4v) is 6.41. The van der Waals surface area contributed by atoms with E-state index in [-0.39, 0.29) is 25.9 Å². The van der Waals surface area contributed by atoms with Crippen LogP contribution in [0.5, 0.6) is 0 Å². The topological polar surface area (TPSA) is 107 Å². The molecule has 3 heterocycles. The first-order valence-corrected chi connectivity index (χ1v) is 12.9. The fraction of sp³-hybridized carbons (Fsp3) is 0.267. The Morgan fingerprint density at radius 2 is 1.56 bits per heavy atom. The minimum absolute atomic E-state index is 0.0566. The average molecular weight is 528 g/mol. The standard InChI is InChI=1S/C30H26FN3O5/c31-21-12-6-4-10-19(21)17-33-23-13-7-5-11-20(23)30(29(33)39)26-25(22(32-30)14-15-24(35)36)27(37)34(28(26)38)16-18-8-2-1-3-9-18/h1-13,22,25-26,32H,14-17H2,(H,35,36)/t22-,25+,26+,30-/m0/s1. The molecule has 3 aromatic carbocycles. The third kappa shape index (κ3) is 3.84. The number of nitrogens with zero attached hydrogens (tertiary/aromatic N) is 2. The fourth-order valence-electron chi connectivity index (χ4n) is 6.41. The van der Waals surface area contributed by atoms with E-state index in [9.17, 15) is 28.7 Å². The number of hydrogen-bond donors (Lipinski definition) is 2. The van der Waals surface area contributed by atoms with Crippen molar-refractivity contribution in [1.29, 1.82) is 0 Å². The maximum atomic E-state index is 14.6. The van der Waals surface area contributed by atoms with E-state index in [2.05, 4.69) is 5.32 Å². The van der Waals surface area contributed by atoms with Gasteiger partial charge in [0.05, 0.1) is 24.9 Å². The molecule has 0 bridgehead atoms. The molecule has 0 aromatic heterocycles. The number of carboxylic acids is 1. The first-order valence-electron chi connectivity index (χ1n) is 12.9. The molecule has 6 rings (SSSR count). The van der Waals surface area contributed by atoms with E-state index < -0.39 is 52.9 Å². The van der Waals surface area contributed by atoms with Gasteiger partial charge in [0.1, 0.15) is 11.4 Å². The van der Waals surface area contributed by atoms with Crippen molar-refractivity contribution in [2.45, 2.75) is 37.5 Å². The second-order valence-electron chi connectivity index (χ2n) is 10.2. The van der Waals surface area contributed by atoms with Crippen molar-refractivity contribution in [3.8, 4) is 0 Å². The predicted octanol–water partition coefficient (Wildman–Crippen LogP) is 3.21. The van der Waals surface area contributed by atoms with Crippen LogP contribution in [0.3, 0.4) is 0 Å². The Hall–Kier alpha value is -4.37. The van der Waals surface area contributed by atoms with Crippen LogP contribution >= 0.6 is 0 Å². The number of rotatable bonds is 7. The molecular formula is C30H26FN3O5. The van der Waals surface area contributed by atoms with Gasteiger partial charge < -0.3 is 10.0 Å². The Bertz CT molecular complexity index is 1490. The minimum Gasteiger partial charge on any atom is -0.481 e. The smallest absolute Gasteiger partial charge is 0.303 e. The van der Waals surface area contributed by atoms with Crippen molar-refractivity contribution in [1.82, 2.24) is 10.2 Å². The lowest BCUT2D eigenvalue weighted by atomic mass is 9.76. The molecule has 1 spiro atoms. The number of carboxylic acid groups (broad SMARTS) is 1. The minimum atomic E-state index is -1.58. The molecule has 2 N–H and O–H groups in total. The molecule has 0 saturated carbocycles. The molecule has 4 atom stereocenters. The summed E-state index contributed by atoms with van der Waals surface area (Å²) in [5.41, 5.74) is 0.560. The molecule has 3 amide bonds. The summed E-state index contributed by atoms with van der Waals surface area (Å²) in [6.07, 6.45) is -0.162. The highest BCUT2D eigenvalue weighted by Gasteiger charge is 2.71. The van der Waals surface area contributed by atoms with Crippen LogP contribution in [0.4, 0.5) is 10.1 Å². The van der Waals surface area contributed by atoms with Crippen LogP contribution in [-0.2, 0) is 37.8 Å². The average Bonchev–Trinajstić information content (AvgIpc) is 3.49. The van der Waals surface area contributed by atoms with Gasteiger partial charge in [0, 0.05) is 29.3 Å². The Morgan fingerprint density at radius 3 is 2.31 bits per heavy atom. The van der Waals surface area contributed by atoms with E-state index in [0.29, 0.717) is 16.8 Å². The number of benzene rings is 3. The molecule has 0 aliphatic carbocycles. The third-order valence-corrected chi connectivity index (χ3v) is 8.10. The van der Waals surface area contributed by atoms with E-state index in [1.165, 1.54) is 15.9 Å². The van der Waals surface area contributed by atoms with E-state index in [0.717, 1.165) is 5.56 Å². The Morgan fingerprint density at radius 1 is 0.872 bits per heavy atom. The summed E-state index contributed by atoms with van der Waals surface area (Å²) in [5, 5.41) is 12.7. The highest BCUT2D eigenvalue weighted by molar-refractivity contribution is 6.16. The summed E-state index contributed by atoms with van der Waals surface area (Å²) in [4.78, 5) is 56.3. The van der Waals surface area contributed by atoms with Gasteiger partial charge in [0.25, 0.3) is 5.91 Å². The number of anilines is 1. The number of nitrogens with one attached hydrogen (secondary N) is 1.